The predicted molar refractivity (Wildman–Crippen MR) is 77.7 cm³/mol. The number of halogens is 1. The first kappa shape index (κ1) is 12.7. The molecule has 1 aliphatic rings. The molecule has 102 valence electrons. The van der Waals surface area contributed by atoms with Crippen molar-refractivity contribution in [2.24, 2.45) is 0 Å². The smallest absolute Gasteiger partial charge is 0.255 e. The molecule has 0 radical (unpaired) electrons. The molecule has 1 aliphatic heterocycles. The van der Waals surface area contributed by atoms with E-state index in [1.807, 2.05) is 19.1 Å². The van der Waals surface area contributed by atoms with Gasteiger partial charge in [0.15, 0.2) is 0 Å². The highest BCUT2D eigenvalue weighted by Crippen LogP contribution is 2.24. The molecule has 20 heavy (non-hydrogen) atoms. The van der Waals surface area contributed by atoms with Gasteiger partial charge >= 0.3 is 0 Å². The molecule has 0 aromatic heterocycles. The van der Waals surface area contributed by atoms with E-state index in [0.717, 1.165) is 29.8 Å². The van der Waals surface area contributed by atoms with Crippen LogP contribution in [0.15, 0.2) is 36.4 Å². The fourth-order valence-corrected chi connectivity index (χ4v) is 2.37. The fourth-order valence-electron chi connectivity index (χ4n) is 2.37. The standard InChI is InChI=1S/C16H15FN2O/c1-10-2-4-13(17)9-15(10)19-16(20)12-3-5-14-11(8-12)6-7-18-14/h2-5,8-9,18H,6-7H2,1H3,(H,19,20). The van der Waals surface area contributed by atoms with Gasteiger partial charge in [0, 0.05) is 23.5 Å². The maximum absolute atomic E-state index is 13.2. The van der Waals surface area contributed by atoms with E-state index in [1.165, 1.54) is 12.1 Å². The molecule has 3 nitrogen and oxygen atoms in total. The normalized spacial score (nSPS) is 12.7. The lowest BCUT2D eigenvalue weighted by Crippen LogP contribution is -2.13. The van der Waals surface area contributed by atoms with Gasteiger partial charge in [-0.05, 0) is 54.8 Å². The molecule has 2 aromatic carbocycles. The first-order valence-corrected chi connectivity index (χ1v) is 6.58. The molecular weight excluding hydrogens is 255 g/mol. The molecular formula is C16H15FN2O. The average Bonchev–Trinajstić information content (AvgIpc) is 2.90. The molecule has 1 heterocycles. The van der Waals surface area contributed by atoms with Gasteiger partial charge in [0.2, 0.25) is 0 Å². The van der Waals surface area contributed by atoms with Crippen molar-refractivity contribution in [2.75, 3.05) is 17.2 Å². The Labute approximate surface area is 116 Å². The van der Waals surface area contributed by atoms with Crippen LogP contribution >= 0.6 is 0 Å². The molecule has 4 heteroatoms. The van der Waals surface area contributed by atoms with Crippen LogP contribution in [-0.2, 0) is 6.42 Å². The zero-order chi connectivity index (χ0) is 14.1. The average molecular weight is 270 g/mol. The molecule has 0 aliphatic carbocycles. The van der Waals surface area contributed by atoms with Crippen molar-refractivity contribution in [2.45, 2.75) is 13.3 Å². The summed E-state index contributed by atoms with van der Waals surface area (Å²) >= 11 is 0. The second-order valence-electron chi connectivity index (χ2n) is 4.96. The molecule has 0 atom stereocenters. The number of nitrogens with one attached hydrogen (secondary N) is 2. The SMILES string of the molecule is Cc1ccc(F)cc1NC(=O)c1ccc2c(c1)CCN2. The summed E-state index contributed by atoms with van der Waals surface area (Å²) in [5.74, 6) is -0.572. The van der Waals surface area contributed by atoms with Crippen LogP contribution in [0.25, 0.3) is 0 Å². The molecule has 0 spiro atoms. The Hall–Kier alpha value is -2.36. The number of rotatable bonds is 2. The summed E-state index contributed by atoms with van der Waals surface area (Å²) < 4.78 is 13.2. The molecule has 2 N–H and O–H groups in total. The number of aryl methyl sites for hydroxylation is 1. The largest absolute Gasteiger partial charge is 0.384 e. The van der Waals surface area contributed by atoms with Crippen molar-refractivity contribution in [3.8, 4) is 0 Å². The van der Waals surface area contributed by atoms with Crippen LogP contribution in [0, 0.1) is 12.7 Å². The molecule has 0 unspecified atom stereocenters. The van der Waals surface area contributed by atoms with E-state index in [-0.39, 0.29) is 11.7 Å². The summed E-state index contributed by atoms with van der Waals surface area (Å²) in [4.78, 5) is 12.2. The topological polar surface area (TPSA) is 41.1 Å². The fraction of sp³-hybridized carbons (Fsp3) is 0.188. The summed E-state index contributed by atoms with van der Waals surface area (Å²) in [6.45, 7) is 2.74. The number of fused-ring (bicyclic) bond motifs is 1. The minimum Gasteiger partial charge on any atom is -0.384 e. The van der Waals surface area contributed by atoms with Crippen LogP contribution in [0.2, 0.25) is 0 Å². The lowest BCUT2D eigenvalue weighted by molar-refractivity contribution is 0.102. The van der Waals surface area contributed by atoms with E-state index in [4.69, 9.17) is 0 Å². The summed E-state index contributed by atoms with van der Waals surface area (Å²) in [5, 5.41) is 6.01. The Kier molecular flexibility index (Phi) is 3.14. The third-order valence-electron chi connectivity index (χ3n) is 3.53. The maximum Gasteiger partial charge on any atom is 0.255 e. The lowest BCUT2D eigenvalue weighted by atomic mass is 10.1. The Morgan fingerprint density at radius 2 is 2.10 bits per heavy atom. The second kappa shape index (κ2) is 4.96. The van der Waals surface area contributed by atoms with Crippen LogP contribution in [0.5, 0.6) is 0 Å². The zero-order valence-electron chi connectivity index (χ0n) is 11.2. The van der Waals surface area contributed by atoms with Crippen LogP contribution in [0.1, 0.15) is 21.5 Å². The molecule has 2 aromatic rings. The predicted octanol–water partition coefficient (Wildman–Crippen LogP) is 3.35. The molecule has 0 saturated carbocycles. The maximum atomic E-state index is 13.2. The molecule has 0 saturated heterocycles. The van der Waals surface area contributed by atoms with Gasteiger partial charge in [0.05, 0.1) is 0 Å². The highest BCUT2D eigenvalue weighted by atomic mass is 19.1. The summed E-state index contributed by atoms with van der Waals surface area (Å²) in [5.41, 5.74) is 4.17. The third-order valence-corrected chi connectivity index (χ3v) is 3.53. The van der Waals surface area contributed by atoms with Gasteiger partial charge in [-0.2, -0.15) is 0 Å². The van der Waals surface area contributed by atoms with Crippen molar-refractivity contribution >= 4 is 17.3 Å². The Morgan fingerprint density at radius 3 is 2.95 bits per heavy atom. The molecule has 0 bridgehead atoms. The Balaban J connectivity index is 1.84. The molecule has 3 rings (SSSR count). The number of hydrogen-bond donors (Lipinski definition) is 2. The zero-order valence-corrected chi connectivity index (χ0v) is 11.2. The highest BCUT2D eigenvalue weighted by Gasteiger charge is 2.14. The quantitative estimate of drug-likeness (QED) is 0.878. The van der Waals surface area contributed by atoms with Gasteiger partial charge in [0.1, 0.15) is 5.82 Å². The minimum absolute atomic E-state index is 0.214. The van der Waals surface area contributed by atoms with E-state index >= 15 is 0 Å². The summed E-state index contributed by atoms with van der Waals surface area (Å²) in [7, 11) is 0. The Bertz CT molecular complexity index is 682. The summed E-state index contributed by atoms with van der Waals surface area (Å²) in [6.07, 6.45) is 0.926. The Morgan fingerprint density at radius 1 is 1.25 bits per heavy atom. The van der Waals surface area contributed by atoms with E-state index in [0.29, 0.717) is 11.3 Å². The number of benzene rings is 2. The number of amides is 1. The van der Waals surface area contributed by atoms with Crippen LogP contribution in [0.3, 0.4) is 0 Å². The van der Waals surface area contributed by atoms with Crippen LogP contribution < -0.4 is 10.6 Å². The van der Waals surface area contributed by atoms with Crippen LogP contribution in [0.4, 0.5) is 15.8 Å². The number of carbonyl (C=O) groups excluding carboxylic acids is 1. The third kappa shape index (κ3) is 2.37. The van der Waals surface area contributed by atoms with Gasteiger partial charge in [-0.15, -0.1) is 0 Å². The summed E-state index contributed by atoms with van der Waals surface area (Å²) in [6, 6.07) is 9.95. The van der Waals surface area contributed by atoms with E-state index in [2.05, 4.69) is 10.6 Å². The van der Waals surface area contributed by atoms with Crippen LogP contribution in [-0.4, -0.2) is 12.5 Å². The van der Waals surface area contributed by atoms with Crippen molar-refractivity contribution < 1.29 is 9.18 Å². The monoisotopic (exact) mass is 270 g/mol. The van der Waals surface area contributed by atoms with Crippen molar-refractivity contribution in [1.82, 2.24) is 0 Å². The van der Waals surface area contributed by atoms with E-state index < -0.39 is 0 Å². The van der Waals surface area contributed by atoms with Gasteiger partial charge < -0.3 is 10.6 Å². The number of hydrogen-bond acceptors (Lipinski definition) is 2. The van der Waals surface area contributed by atoms with E-state index in [1.54, 1.807) is 12.1 Å². The van der Waals surface area contributed by atoms with Crippen molar-refractivity contribution in [3.05, 3.63) is 58.9 Å². The first-order chi connectivity index (χ1) is 9.63. The van der Waals surface area contributed by atoms with E-state index in [9.17, 15) is 9.18 Å². The molecule has 1 amide bonds. The minimum atomic E-state index is -0.357. The lowest BCUT2D eigenvalue weighted by Gasteiger charge is -2.09. The number of carbonyl (C=O) groups is 1. The second-order valence-corrected chi connectivity index (χ2v) is 4.96. The van der Waals surface area contributed by atoms with Crippen molar-refractivity contribution in [1.29, 1.82) is 0 Å². The van der Waals surface area contributed by atoms with Gasteiger partial charge in [0.25, 0.3) is 5.91 Å². The first-order valence-electron chi connectivity index (χ1n) is 6.58. The van der Waals surface area contributed by atoms with Crippen molar-refractivity contribution in [3.63, 3.8) is 0 Å². The highest BCUT2D eigenvalue weighted by molar-refractivity contribution is 6.05. The van der Waals surface area contributed by atoms with Gasteiger partial charge in [-0.3, -0.25) is 4.79 Å². The van der Waals surface area contributed by atoms with Gasteiger partial charge in [-0.1, -0.05) is 6.07 Å². The molecule has 0 fully saturated rings. The number of anilines is 2. The van der Waals surface area contributed by atoms with Gasteiger partial charge in [-0.25, -0.2) is 4.39 Å².